The van der Waals surface area contributed by atoms with Crippen molar-refractivity contribution in [3.63, 3.8) is 0 Å². The van der Waals surface area contributed by atoms with Crippen molar-refractivity contribution in [1.82, 2.24) is 0 Å². The summed E-state index contributed by atoms with van der Waals surface area (Å²) in [6, 6.07) is 17.4. The van der Waals surface area contributed by atoms with Crippen LogP contribution in [-0.2, 0) is 9.31 Å². The third-order valence-electron chi connectivity index (χ3n) is 4.76. The smallest absolute Gasteiger partial charge is 0.399 e. The topological polar surface area (TPSA) is 54.3 Å². The molecule has 1 aliphatic heterocycles. The minimum absolute atomic E-state index is 0.376. The molecule has 0 saturated carbocycles. The van der Waals surface area contributed by atoms with Gasteiger partial charge in [0.2, 0.25) is 0 Å². The minimum atomic E-state index is -0.419. The number of rotatable bonds is 3. The highest BCUT2D eigenvalue weighted by atomic mass is 16.7. The van der Waals surface area contributed by atoms with E-state index in [0.29, 0.717) is 5.56 Å². The largest absolute Gasteiger partial charge is 0.496 e. The van der Waals surface area contributed by atoms with E-state index in [1.807, 2.05) is 64.1 Å². The predicted octanol–water partition coefficient (Wildman–Crippen LogP) is 3.60. The number of nitriles is 1. The third-order valence-corrected chi connectivity index (χ3v) is 4.76. The molecular weight excluding hydrogens is 299 g/mol. The molecule has 0 aliphatic carbocycles. The van der Waals surface area contributed by atoms with E-state index in [4.69, 9.17) is 14.6 Å². The van der Waals surface area contributed by atoms with E-state index in [1.165, 1.54) is 0 Å². The molecule has 5 heteroatoms. The molecule has 1 saturated heterocycles. The number of anilines is 2. The minimum Gasteiger partial charge on any atom is -0.399 e. The lowest BCUT2D eigenvalue weighted by Gasteiger charge is -2.32. The number of hydrogen-bond acceptors (Lipinski definition) is 4. The summed E-state index contributed by atoms with van der Waals surface area (Å²) in [6.45, 7) is 8.18. The Morgan fingerprint density at radius 1 is 0.917 bits per heavy atom. The van der Waals surface area contributed by atoms with Gasteiger partial charge in [-0.25, -0.2) is 0 Å². The van der Waals surface area contributed by atoms with Gasteiger partial charge in [0.05, 0.1) is 22.8 Å². The number of nitrogens with zero attached hydrogens (tertiary/aromatic N) is 1. The van der Waals surface area contributed by atoms with Crippen LogP contribution in [0.5, 0.6) is 0 Å². The summed E-state index contributed by atoms with van der Waals surface area (Å²) >= 11 is 0. The maximum absolute atomic E-state index is 8.90. The van der Waals surface area contributed by atoms with Gasteiger partial charge in [-0.05, 0) is 58.0 Å². The fourth-order valence-electron chi connectivity index (χ4n) is 2.57. The van der Waals surface area contributed by atoms with Crippen molar-refractivity contribution in [2.45, 2.75) is 38.9 Å². The van der Waals surface area contributed by atoms with Gasteiger partial charge in [0.1, 0.15) is 0 Å². The molecule has 1 fully saturated rings. The van der Waals surface area contributed by atoms with Crippen LogP contribution in [0, 0.1) is 11.3 Å². The summed E-state index contributed by atoms with van der Waals surface area (Å²) in [6.07, 6.45) is 0. The van der Waals surface area contributed by atoms with Crippen LogP contribution in [0.4, 0.5) is 11.4 Å². The number of benzene rings is 2. The molecule has 122 valence electrons. The van der Waals surface area contributed by atoms with Crippen LogP contribution in [0.1, 0.15) is 33.3 Å². The highest BCUT2D eigenvalue weighted by molar-refractivity contribution is 6.64. The van der Waals surface area contributed by atoms with E-state index in [1.54, 1.807) is 12.1 Å². The molecule has 1 N–H and O–H groups in total. The number of nitrogens with one attached hydrogen (secondary N) is 1. The molecule has 0 aromatic heterocycles. The Morgan fingerprint density at radius 2 is 1.50 bits per heavy atom. The van der Waals surface area contributed by atoms with E-state index in [0.717, 1.165) is 16.8 Å². The van der Waals surface area contributed by atoms with Gasteiger partial charge < -0.3 is 14.6 Å². The maximum Gasteiger partial charge on any atom is 0.496 e. The summed E-state index contributed by atoms with van der Waals surface area (Å²) in [5.41, 5.74) is 2.69. The summed E-state index contributed by atoms with van der Waals surface area (Å²) in [5.74, 6) is 0. The Hall–Kier alpha value is -2.29. The third kappa shape index (κ3) is 3.03. The van der Waals surface area contributed by atoms with Crippen LogP contribution >= 0.6 is 0 Å². The Labute approximate surface area is 143 Å². The molecule has 2 aromatic carbocycles. The highest BCUT2D eigenvalue weighted by Gasteiger charge is 2.52. The molecule has 0 atom stereocenters. The van der Waals surface area contributed by atoms with Crippen LogP contribution in [0.3, 0.4) is 0 Å². The first-order chi connectivity index (χ1) is 11.3. The first-order valence-electron chi connectivity index (χ1n) is 8.04. The predicted molar refractivity (Wildman–Crippen MR) is 96.6 cm³/mol. The lowest BCUT2D eigenvalue weighted by Crippen LogP contribution is -2.41. The van der Waals surface area contributed by atoms with Gasteiger partial charge in [0.25, 0.3) is 0 Å². The van der Waals surface area contributed by atoms with E-state index < -0.39 is 7.12 Å². The Bertz CT molecular complexity index is 763. The molecule has 3 rings (SSSR count). The fraction of sp³-hybridized carbons (Fsp3) is 0.316. The molecule has 0 amide bonds. The SMILES string of the molecule is CC1(C)OB(c2ccccc2Nc2ccc(C#N)cc2)OC1(C)C. The Balaban J connectivity index is 1.87. The van der Waals surface area contributed by atoms with Crippen LogP contribution in [-0.4, -0.2) is 18.3 Å². The molecule has 0 bridgehead atoms. The Morgan fingerprint density at radius 3 is 2.08 bits per heavy atom. The first-order valence-corrected chi connectivity index (χ1v) is 8.04. The van der Waals surface area contributed by atoms with Crippen molar-refractivity contribution < 1.29 is 9.31 Å². The van der Waals surface area contributed by atoms with E-state index in [2.05, 4.69) is 11.4 Å². The first kappa shape index (κ1) is 16.6. The van der Waals surface area contributed by atoms with Gasteiger partial charge in [0, 0.05) is 16.8 Å². The van der Waals surface area contributed by atoms with Crippen molar-refractivity contribution in [3.05, 3.63) is 54.1 Å². The summed E-state index contributed by atoms with van der Waals surface area (Å²) < 4.78 is 12.3. The molecule has 24 heavy (non-hydrogen) atoms. The van der Waals surface area contributed by atoms with Crippen molar-refractivity contribution >= 4 is 24.0 Å². The summed E-state index contributed by atoms with van der Waals surface area (Å²) in [5, 5.41) is 12.3. The van der Waals surface area contributed by atoms with Gasteiger partial charge in [-0.2, -0.15) is 5.26 Å². The second-order valence-corrected chi connectivity index (χ2v) is 6.99. The fourth-order valence-corrected chi connectivity index (χ4v) is 2.57. The average Bonchev–Trinajstić information content (AvgIpc) is 2.76. The average molecular weight is 320 g/mol. The lowest BCUT2D eigenvalue weighted by atomic mass is 9.77. The Kier molecular flexibility index (Phi) is 4.12. The highest BCUT2D eigenvalue weighted by Crippen LogP contribution is 2.37. The van der Waals surface area contributed by atoms with Gasteiger partial charge in [-0.1, -0.05) is 18.2 Å². The monoisotopic (exact) mass is 320 g/mol. The molecule has 0 unspecified atom stereocenters. The van der Waals surface area contributed by atoms with Crippen LogP contribution in [0.2, 0.25) is 0 Å². The molecule has 2 aromatic rings. The normalized spacial score (nSPS) is 18.2. The molecular formula is C19H21BN2O2. The second-order valence-electron chi connectivity index (χ2n) is 6.99. The van der Waals surface area contributed by atoms with Crippen LogP contribution in [0.25, 0.3) is 0 Å². The molecule has 4 nitrogen and oxygen atoms in total. The standard InChI is InChI=1S/C19H21BN2O2/c1-18(2)19(3,4)24-20(23-18)16-7-5-6-8-17(16)22-15-11-9-14(13-21)10-12-15/h5-12,22H,1-4H3. The van der Waals surface area contributed by atoms with Gasteiger partial charge in [0.15, 0.2) is 0 Å². The second kappa shape index (κ2) is 5.97. The lowest BCUT2D eigenvalue weighted by molar-refractivity contribution is 0.00578. The summed E-state index contributed by atoms with van der Waals surface area (Å²) in [7, 11) is -0.419. The van der Waals surface area contributed by atoms with Crippen molar-refractivity contribution in [2.75, 3.05) is 5.32 Å². The molecule has 1 aliphatic rings. The van der Waals surface area contributed by atoms with E-state index in [-0.39, 0.29) is 11.2 Å². The van der Waals surface area contributed by atoms with E-state index >= 15 is 0 Å². The zero-order chi connectivity index (χ0) is 17.4. The van der Waals surface area contributed by atoms with Crippen LogP contribution < -0.4 is 10.8 Å². The zero-order valence-electron chi connectivity index (χ0n) is 14.5. The van der Waals surface area contributed by atoms with Gasteiger partial charge in [-0.3, -0.25) is 0 Å². The van der Waals surface area contributed by atoms with Gasteiger partial charge in [-0.15, -0.1) is 0 Å². The zero-order valence-corrected chi connectivity index (χ0v) is 14.5. The van der Waals surface area contributed by atoms with Gasteiger partial charge >= 0.3 is 7.12 Å². The molecule has 0 radical (unpaired) electrons. The maximum atomic E-state index is 8.90. The number of hydrogen-bond donors (Lipinski definition) is 1. The van der Waals surface area contributed by atoms with Crippen molar-refractivity contribution in [1.29, 1.82) is 5.26 Å². The summed E-state index contributed by atoms with van der Waals surface area (Å²) in [4.78, 5) is 0. The van der Waals surface area contributed by atoms with Crippen LogP contribution in [0.15, 0.2) is 48.5 Å². The molecule has 0 spiro atoms. The number of para-hydroxylation sites is 1. The van der Waals surface area contributed by atoms with E-state index in [9.17, 15) is 0 Å². The molecule has 1 heterocycles. The quantitative estimate of drug-likeness (QED) is 0.878. The van der Waals surface area contributed by atoms with Crippen molar-refractivity contribution in [2.24, 2.45) is 0 Å². The van der Waals surface area contributed by atoms with Crippen molar-refractivity contribution in [3.8, 4) is 6.07 Å².